The lowest BCUT2D eigenvalue weighted by Crippen LogP contribution is -2.43. The summed E-state index contributed by atoms with van der Waals surface area (Å²) in [5, 5.41) is 7.78. The first kappa shape index (κ1) is 24.0. The number of ether oxygens (including phenoxy) is 1. The van der Waals surface area contributed by atoms with Crippen LogP contribution >= 0.6 is 0 Å². The molecule has 0 bridgehead atoms. The van der Waals surface area contributed by atoms with E-state index in [1.54, 1.807) is 7.11 Å². The van der Waals surface area contributed by atoms with Crippen LogP contribution in [0, 0.1) is 25.7 Å². The minimum Gasteiger partial charge on any atom is -0.497 e. The number of hydrogen-bond acceptors (Lipinski definition) is 4. The van der Waals surface area contributed by atoms with E-state index in [2.05, 4.69) is 31.3 Å². The zero-order valence-corrected chi connectivity index (χ0v) is 20.7. The number of aromatic nitrogens is 2. The number of methoxy groups -OCH3 is 1. The molecule has 4 rings (SSSR count). The molecule has 0 radical (unpaired) electrons. The van der Waals surface area contributed by atoms with Gasteiger partial charge in [0.2, 0.25) is 5.91 Å². The molecule has 1 saturated carbocycles. The van der Waals surface area contributed by atoms with E-state index in [4.69, 9.17) is 15.6 Å². The summed E-state index contributed by atoms with van der Waals surface area (Å²) in [6, 6.07) is 15.6. The summed E-state index contributed by atoms with van der Waals surface area (Å²) in [6.45, 7) is 7.10. The third-order valence-corrected chi connectivity index (χ3v) is 7.19. The van der Waals surface area contributed by atoms with Crippen LogP contribution in [0.25, 0.3) is 11.1 Å². The normalized spacial score (nSPS) is 19.0. The molecule has 1 aliphatic carbocycles. The molecule has 1 aliphatic rings. The molecular formula is C28H36N4O2. The van der Waals surface area contributed by atoms with Crippen molar-refractivity contribution in [2.75, 3.05) is 12.4 Å². The van der Waals surface area contributed by atoms with Crippen LogP contribution in [0.2, 0.25) is 0 Å². The molecule has 1 atom stereocenters. The molecule has 0 aliphatic heterocycles. The summed E-state index contributed by atoms with van der Waals surface area (Å²) in [6.07, 6.45) is 4.39. The van der Waals surface area contributed by atoms with E-state index in [0.29, 0.717) is 6.54 Å². The molecule has 0 spiro atoms. The van der Waals surface area contributed by atoms with Crippen LogP contribution in [0.15, 0.2) is 48.5 Å². The van der Waals surface area contributed by atoms with Crippen molar-refractivity contribution in [3.05, 3.63) is 65.5 Å². The number of carbonyl (C=O) groups excluding carboxylic acids is 1. The molecule has 3 aromatic rings. The number of rotatable bonds is 7. The summed E-state index contributed by atoms with van der Waals surface area (Å²) in [4.78, 5) is 12.7. The van der Waals surface area contributed by atoms with Crippen LogP contribution in [0.3, 0.4) is 0 Å². The lowest BCUT2D eigenvalue weighted by molar-refractivity contribution is -0.118. The number of hydrogen-bond donors (Lipinski definition) is 2. The highest BCUT2D eigenvalue weighted by molar-refractivity contribution is 5.95. The standard InChI is InChI=1S/C28H36N4O2/c1-18-5-9-23(10-6-18)27(29)28(33)30-24-13-11-22(12-14-24)26-19(2)31-32(20(26)3)17-21-7-15-25(34-4)16-8-21/h7-8,11-16,18,23,27H,5-6,9-10,17,29H2,1-4H3,(H,30,33)/t18?,23?,27-/m0/s1. The Labute approximate surface area is 202 Å². The highest BCUT2D eigenvalue weighted by Crippen LogP contribution is 2.31. The SMILES string of the molecule is COc1ccc(Cn2nc(C)c(-c3ccc(NC(=O)[C@@H](N)C4CCC(C)CC4)cc3)c2C)cc1. The third kappa shape index (κ3) is 5.33. The minimum atomic E-state index is -0.451. The molecule has 1 aromatic heterocycles. The van der Waals surface area contributed by atoms with Crippen molar-refractivity contribution in [1.82, 2.24) is 9.78 Å². The third-order valence-electron chi connectivity index (χ3n) is 7.19. The Morgan fingerprint density at radius 1 is 1.09 bits per heavy atom. The maximum absolute atomic E-state index is 12.7. The van der Waals surface area contributed by atoms with E-state index in [9.17, 15) is 4.79 Å². The van der Waals surface area contributed by atoms with Gasteiger partial charge < -0.3 is 15.8 Å². The highest BCUT2D eigenvalue weighted by Gasteiger charge is 2.28. The number of nitrogens with zero attached hydrogens (tertiary/aromatic N) is 2. The quantitative estimate of drug-likeness (QED) is 0.500. The van der Waals surface area contributed by atoms with Gasteiger partial charge >= 0.3 is 0 Å². The van der Waals surface area contributed by atoms with Gasteiger partial charge in [-0.15, -0.1) is 0 Å². The summed E-state index contributed by atoms with van der Waals surface area (Å²) >= 11 is 0. The second-order valence-electron chi connectivity index (χ2n) is 9.66. The van der Waals surface area contributed by atoms with Crippen molar-refractivity contribution in [2.45, 2.75) is 59.0 Å². The highest BCUT2D eigenvalue weighted by atomic mass is 16.5. The first-order chi connectivity index (χ1) is 16.4. The Morgan fingerprint density at radius 2 is 1.74 bits per heavy atom. The molecule has 6 nitrogen and oxygen atoms in total. The molecular weight excluding hydrogens is 424 g/mol. The van der Waals surface area contributed by atoms with Crippen molar-refractivity contribution >= 4 is 11.6 Å². The van der Waals surface area contributed by atoms with Gasteiger partial charge in [-0.1, -0.05) is 44.0 Å². The van der Waals surface area contributed by atoms with Crippen molar-refractivity contribution in [1.29, 1.82) is 0 Å². The Balaban J connectivity index is 1.43. The van der Waals surface area contributed by atoms with Gasteiger partial charge in [-0.2, -0.15) is 5.10 Å². The van der Waals surface area contributed by atoms with Crippen LogP contribution in [0.1, 0.15) is 49.6 Å². The average molecular weight is 461 g/mol. The predicted molar refractivity (Wildman–Crippen MR) is 137 cm³/mol. The maximum atomic E-state index is 12.7. The zero-order valence-electron chi connectivity index (χ0n) is 20.7. The van der Waals surface area contributed by atoms with E-state index in [-0.39, 0.29) is 11.8 Å². The lowest BCUT2D eigenvalue weighted by Gasteiger charge is -2.29. The van der Waals surface area contributed by atoms with Gasteiger partial charge in [0.1, 0.15) is 5.75 Å². The Hall–Kier alpha value is -3.12. The number of carbonyl (C=O) groups is 1. The van der Waals surface area contributed by atoms with Gasteiger partial charge in [0.05, 0.1) is 25.4 Å². The van der Waals surface area contributed by atoms with Crippen molar-refractivity contribution in [3.63, 3.8) is 0 Å². The molecule has 0 saturated heterocycles. The maximum Gasteiger partial charge on any atom is 0.241 e. The molecule has 0 unspecified atom stereocenters. The van der Waals surface area contributed by atoms with Gasteiger partial charge in [0.25, 0.3) is 0 Å². The molecule has 3 N–H and O–H groups in total. The first-order valence-electron chi connectivity index (χ1n) is 12.2. The number of amides is 1. The second kappa shape index (κ2) is 10.4. The Morgan fingerprint density at radius 3 is 2.35 bits per heavy atom. The smallest absolute Gasteiger partial charge is 0.241 e. The zero-order chi connectivity index (χ0) is 24.2. The van der Waals surface area contributed by atoms with Crippen LogP contribution in [-0.2, 0) is 11.3 Å². The summed E-state index contributed by atoms with van der Waals surface area (Å²) < 4.78 is 7.28. The molecule has 1 heterocycles. The minimum absolute atomic E-state index is 0.0908. The largest absolute Gasteiger partial charge is 0.497 e. The van der Waals surface area contributed by atoms with Crippen molar-refractivity contribution in [2.24, 2.45) is 17.6 Å². The molecule has 34 heavy (non-hydrogen) atoms. The fourth-order valence-corrected chi connectivity index (χ4v) is 4.98. The van der Waals surface area contributed by atoms with Crippen molar-refractivity contribution in [3.8, 4) is 16.9 Å². The Bertz CT molecular complexity index is 1110. The van der Waals surface area contributed by atoms with E-state index >= 15 is 0 Å². The number of nitrogens with one attached hydrogen (secondary N) is 1. The Kier molecular flexibility index (Phi) is 7.37. The second-order valence-corrected chi connectivity index (χ2v) is 9.66. The van der Waals surface area contributed by atoms with Gasteiger partial charge in [-0.25, -0.2) is 0 Å². The van der Waals surface area contributed by atoms with Gasteiger partial charge in [-0.05, 0) is 73.9 Å². The lowest BCUT2D eigenvalue weighted by atomic mass is 9.79. The number of anilines is 1. The monoisotopic (exact) mass is 460 g/mol. The van der Waals surface area contributed by atoms with E-state index in [0.717, 1.165) is 65.6 Å². The van der Waals surface area contributed by atoms with E-state index in [1.165, 1.54) is 5.56 Å². The average Bonchev–Trinajstić information content (AvgIpc) is 3.12. The van der Waals surface area contributed by atoms with Crippen LogP contribution in [0.5, 0.6) is 5.75 Å². The van der Waals surface area contributed by atoms with Gasteiger partial charge in [0, 0.05) is 16.9 Å². The topological polar surface area (TPSA) is 82.2 Å². The molecule has 1 amide bonds. The van der Waals surface area contributed by atoms with E-state index in [1.807, 2.05) is 48.0 Å². The number of benzene rings is 2. The fraction of sp³-hybridized carbons (Fsp3) is 0.429. The van der Waals surface area contributed by atoms with E-state index < -0.39 is 6.04 Å². The molecule has 180 valence electrons. The summed E-state index contributed by atoms with van der Waals surface area (Å²) in [7, 11) is 1.67. The molecule has 6 heteroatoms. The molecule has 2 aromatic carbocycles. The van der Waals surface area contributed by atoms with Crippen molar-refractivity contribution < 1.29 is 9.53 Å². The first-order valence-corrected chi connectivity index (χ1v) is 12.2. The fourth-order valence-electron chi connectivity index (χ4n) is 4.98. The van der Waals surface area contributed by atoms with Crippen LogP contribution in [0.4, 0.5) is 5.69 Å². The summed E-state index contributed by atoms with van der Waals surface area (Å²) in [5.74, 6) is 1.77. The summed E-state index contributed by atoms with van der Waals surface area (Å²) in [5.41, 5.74) is 12.5. The van der Waals surface area contributed by atoms with Gasteiger partial charge in [-0.3, -0.25) is 9.48 Å². The number of aryl methyl sites for hydroxylation is 1. The predicted octanol–water partition coefficient (Wildman–Crippen LogP) is 5.32. The number of nitrogens with two attached hydrogens (primary N) is 1. The van der Waals surface area contributed by atoms with Gasteiger partial charge in [0.15, 0.2) is 0 Å². The molecule has 1 fully saturated rings. The van der Waals surface area contributed by atoms with Crippen LogP contribution in [-0.4, -0.2) is 28.8 Å². The van der Waals surface area contributed by atoms with Crippen LogP contribution < -0.4 is 15.8 Å².